The Morgan fingerprint density at radius 1 is 0.256 bits per heavy atom. The number of ether oxygens (including phenoxy) is 3. The van der Waals surface area contributed by atoms with Crippen LogP contribution in [0.3, 0.4) is 0 Å². The van der Waals surface area contributed by atoms with Crippen LogP contribution in [0.4, 0.5) is 0 Å². The molecule has 0 saturated heterocycles. The first kappa shape index (κ1) is 78.8. The van der Waals surface area contributed by atoms with E-state index >= 15 is 0 Å². The summed E-state index contributed by atoms with van der Waals surface area (Å²) in [4.78, 5) is 38.5. The van der Waals surface area contributed by atoms with Crippen molar-refractivity contribution in [2.45, 2.75) is 380 Å². The van der Waals surface area contributed by atoms with E-state index in [1.165, 1.54) is 238 Å². The molecule has 0 aliphatic heterocycles. The summed E-state index contributed by atoms with van der Waals surface area (Å²) >= 11 is 0. The molecule has 0 heterocycles. The van der Waals surface area contributed by atoms with Crippen LogP contribution in [-0.4, -0.2) is 37.2 Å². The molecule has 0 saturated carbocycles. The van der Waals surface area contributed by atoms with Gasteiger partial charge in [0.15, 0.2) is 6.10 Å². The fraction of sp³-hybridized carbons (Fsp3) is 0.803. The van der Waals surface area contributed by atoms with Crippen molar-refractivity contribution in [3.8, 4) is 0 Å². The van der Waals surface area contributed by atoms with Crippen LogP contribution in [0, 0.1) is 0 Å². The molecule has 0 aromatic carbocycles. The van der Waals surface area contributed by atoms with E-state index in [2.05, 4.69) is 93.7 Å². The van der Waals surface area contributed by atoms with Crippen molar-refractivity contribution >= 4 is 17.9 Å². The Bertz CT molecular complexity index is 1500. The van der Waals surface area contributed by atoms with E-state index in [1.807, 2.05) is 0 Å². The fourth-order valence-corrected chi connectivity index (χ4v) is 10.5. The van der Waals surface area contributed by atoms with Gasteiger partial charge in [0.25, 0.3) is 0 Å². The molecule has 0 radical (unpaired) electrons. The summed E-state index contributed by atoms with van der Waals surface area (Å²) in [5, 5.41) is 0. The molecule has 0 rings (SSSR count). The second-order valence-corrected chi connectivity index (χ2v) is 24.1. The van der Waals surface area contributed by atoms with Crippen LogP contribution in [0.5, 0.6) is 0 Å². The first-order valence-corrected chi connectivity index (χ1v) is 35.9. The van der Waals surface area contributed by atoms with Gasteiger partial charge in [0.1, 0.15) is 13.2 Å². The highest BCUT2D eigenvalue weighted by atomic mass is 16.6. The van der Waals surface area contributed by atoms with E-state index in [0.29, 0.717) is 19.3 Å². The van der Waals surface area contributed by atoms with Crippen LogP contribution in [0.25, 0.3) is 0 Å². The molecule has 0 aliphatic rings. The molecule has 0 bridgehead atoms. The summed E-state index contributed by atoms with van der Waals surface area (Å²) in [5.41, 5.74) is 0. The zero-order valence-electron chi connectivity index (χ0n) is 54.8. The Labute approximate surface area is 510 Å². The molecule has 0 amide bonds. The largest absolute Gasteiger partial charge is 0.462 e. The minimum absolute atomic E-state index is 0.0784. The Morgan fingerprint density at radius 3 is 0.756 bits per heavy atom. The molecule has 82 heavy (non-hydrogen) atoms. The number of rotatable bonds is 66. The van der Waals surface area contributed by atoms with Gasteiger partial charge in [-0.15, -0.1) is 0 Å². The van der Waals surface area contributed by atoms with Crippen LogP contribution < -0.4 is 0 Å². The Balaban J connectivity index is 4.30. The molecule has 1 atom stereocenters. The second-order valence-electron chi connectivity index (χ2n) is 24.1. The molecule has 476 valence electrons. The minimum atomic E-state index is -0.785. The zero-order valence-corrected chi connectivity index (χ0v) is 54.8. The molecule has 0 fully saturated rings. The monoisotopic (exact) mass is 1150 g/mol. The number of hydrogen-bond acceptors (Lipinski definition) is 6. The predicted octanol–water partition coefficient (Wildman–Crippen LogP) is 24.8. The molecule has 6 heteroatoms. The third-order valence-electron chi connectivity index (χ3n) is 15.9. The molecule has 0 aromatic heterocycles. The van der Waals surface area contributed by atoms with Gasteiger partial charge in [0, 0.05) is 19.3 Å². The van der Waals surface area contributed by atoms with E-state index in [0.717, 1.165) is 96.3 Å². The van der Waals surface area contributed by atoms with Gasteiger partial charge in [-0.2, -0.15) is 0 Å². The summed E-state index contributed by atoms with van der Waals surface area (Å²) in [6, 6.07) is 0. The Kier molecular flexibility index (Phi) is 67.6. The first-order chi connectivity index (χ1) is 40.5. The third-order valence-corrected chi connectivity index (χ3v) is 15.9. The zero-order chi connectivity index (χ0) is 59.2. The van der Waals surface area contributed by atoms with E-state index in [-0.39, 0.29) is 31.1 Å². The summed E-state index contributed by atoms with van der Waals surface area (Å²) in [6.45, 7) is 6.57. The van der Waals surface area contributed by atoms with Crippen molar-refractivity contribution in [3.63, 3.8) is 0 Å². The predicted molar refractivity (Wildman–Crippen MR) is 358 cm³/mol. The first-order valence-electron chi connectivity index (χ1n) is 35.9. The topological polar surface area (TPSA) is 78.9 Å². The van der Waals surface area contributed by atoms with E-state index < -0.39 is 6.10 Å². The van der Waals surface area contributed by atoms with Crippen LogP contribution in [0.1, 0.15) is 374 Å². The maximum atomic E-state index is 13.0. The highest BCUT2D eigenvalue weighted by Crippen LogP contribution is 2.18. The van der Waals surface area contributed by atoms with Gasteiger partial charge >= 0.3 is 17.9 Å². The molecular formula is C76H136O6. The van der Waals surface area contributed by atoms with Gasteiger partial charge in [-0.3, -0.25) is 14.4 Å². The average Bonchev–Trinajstić information content (AvgIpc) is 3.48. The van der Waals surface area contributed by atoms with Crippen molar-refractivity contribution in [3.05, 3.63) is 72.9 Å². The lowest BCUT2D eigenvalue weighted by Gasteiger charge is -2.18. The molecule has 0 aliphatic carbocycles. The van der Waals surface area contributed by atoms with Crippen molar-refractivity contribution in [1.82, 2.24) is 0 Å². The fourth-order valence-electron chi connectivity index (χ4n) is 10.5. The van der Waals surface area contributed by atoms with Gasteiger partial charge in [-0.05, 0) is 109 Å². The number of allylic oxidation sites excluding steroid dienone is 12. The van der Waals surface area contributed by atoms with Crippen LogP contribution >= 0.6 is 0 Å². The van der Waals surface area contributed by atoms with Crippen molar-refractivity contribution in [2.24, 2.45) is 0 Å². The van der Waals surface area contributed by atoms with Crippen molar-refractivity contribution in [2.75, 3.05) is 13.2 Å². The minimum Gasteiger partial charge on any atom is -0.462 e. The molecule has 0 aromatic rings. The third kappa shape index (κ3) is 67.6. The molecule has 1 unspecified atom stereocenters. The van der Waals surface area contributed by atoms with E-state index in [4.69, 9.17) is 14.2 Å². The normalized spacial score (nSPS) is 12.5. The van der Waals surface area contributed by atoms with Crippen LogP contribution in [0.2, 0.25) is 0 Å². The lowest BCUT2D eigenvalue weighted by Crippen LogP contribution is -2.30. The summed E-state index contributed by atoms with van der Waals surface area (Å²) in [5.74, 6) is -0.874. The Morgan fingerprint density at radius 2 is 0.476 bits per heavy atom. The van der Waals surface area contributed by atoms with Gasteiger partial charge in [-0.25, -0.2) is 0 Å². The highest BCUT2D eigenvalue weighted by molar-refractivity contribution is 5.71. The van der Waals surface area contributed by atoms with Gasteiger partial charge in [0.05, 0.1) is 0 Å². The SMILES string of the molecule is CC/C=C\C/C=C\C/C=C\C/C=C\CCCCCCCCCCC(=O)OC(COC(=O)CCCCCCC/C=C\CCCCCCCCC)COC(=O)CCCCCCCCCCCCCCCCC/C=C\CCCCCCCCCC. The molecular weight excluding hydrogens is 1010 g/mol. The Hall–Kier alpha value is -3.15. The summed E-state index contributed by atoms with van der Waals surface area (Å²) in [7, 11) is 0. The van der Waals surface area contributed by atoms with Crippen LogP contribution in [0.15, 0.2) is 72.9 Å². The van der Waals surface area contributed by atoms with Gasteiger partial charge < -0.3 is 14.2 Å². The van der Waals surface area contributed by atoms with Crippen LogP contribution in [-0.2, 0) is 28.6 Å². The second kappa shape index (κ2) is 70.3. The summed E-state index contributed by atoms with van der Waals surface area (Å²) in [6.07, 6.45) is 92.2. The molecule has 6 nitrogen and oxygen atoms in total. The summed E-state index contributed by atoms with van der Waals surface area (Å²) < 4.78 is 17.0. The van der Waals surface area contributed by atoms with Gasteiger partial charge in [-0.1, -0.05) is 318 Å². The number of carbonyl (C=O) groups excluding carboxylic acids is 3. The lowest BCUT2D eigenvalue weighted by atomic mass is 10.0. The van der Waals surface area contributed by atoms with E-state index in [1.54, 1.807) is 0 Å². The standard InChI is InChI=1S/C76H136O6/c1-4-7-10-13-16-19-22-25-28-31-33-35-36-37-38-39-40-42-43-45-48-51-54-57-60-63-66-69-75(78)81-72-73(71-80-74(77)68-65-62-59-56-53-50-47-30-27-24-21-18-15-12-9-6-3)82-76(79)70-67-64-61-58-55-52-49-46-44-41-34-32-29-26-23-20-17-14-11-8-5-2/h8,11,17,20,26,29-31,33-34,41,47,73H,4-7,9-10,12-16,18-19,21-25,27-28,32,35-40,42-46,48-72H2,1-3H3/b11-8-,20-17-,29-26-,33-31-,41-34-,47-30-. The average molecular weight is 1150 g/mol. The molecule has 0 N–H and O–H groups in total. The highest BCUT2D eigenvalue weighted by Gasteiger charge is 2.19. The maximum absolute atomic E-state index is 13.0. The lowest BCUT2D eigenvalue weighted by molar-refractivity contribution is -0.167. The number of esters is 3. The van der Waals surface area contributed by atoms with Gasteiger partial charge in [0.2, 0.25) is 0 Å². The number of hydrogen-bond donors (Lipinski definition) is 0. The number of unbranched alkanes of at least 4 members (excludes halogenated alkanes) is 43. The van der Waals surface area contributed by atoms with Crippen molar-refractivity contribution < 1.29 is 28.6 Å². The quantitative estimate of drug-likeness (QED) is 0.0261. The number of carbonyl (C=O) groups is 3. The maximum Gasteiger partial charge on any atom is 0.306 e. The van der Waals surface area contributed by atoms with Crippen molar-refractivity contribution in [1.29, 1.82) is 0 Å². The molecule has 0 spiro atoms. The van der Waals surface area contributed by atoms with E-state index in [9.17, 15) is 14.4 Å². The smallest absolute Gasteiger partial charge is 0.306 e.